The number of hydrogen-bond acceptors (Lipinski definition) is 2. The molecule has 0 aromatic heterocycles. The SMILES string of the molecule is CC(C)C(=O)NCN1CCCCC1. The minimum absolute atomic E-state index is 0.102. The molecule has 0 radical (unpaired) electrons. The van der Waals surface area contributed by atoms with E-state index in [0.717, 1.165) is 19.8 Å². The largest absolute Gasteiger partial charge is 0.343 e. The topological polar surface area (TPSA) is 32.3 Å². The number of amides is 1. The number of piperidine rings is 1. The molecule has 0 aliphatic carbocycles. The first-order valence-corrected chi connectivity index (χ1v) is 5.20. The lowest BCUT2D eigenvalue weighted by Gasteiger charge is -2.26. The fourth-order valence-electron chi connectivity index (χ4n) is 1.51. The first kappa shape index (κ1) is 10.5. The van der Waals surface area contributed by atoms with Gasteiger partial charge in [0.25, 0.3) is 0 Å². The lowest BCUT2D eigenvalue weighted by molar-refractivity contribution is -0.124. The minimum Gasteiger partial charge on any atom is -0.343 e. The van der Waals surface area contributed by atoms with Crippen LogP contribution in [0.1, 0.15) is 33.1 Å². The van der Waals surface area contributed by atoms with E-state index in [1.807, 2.05) is 13.8 Å². The van der Waals surface area contributed by atoms with Gasteiger partial charge in [-0.1, -0.05) is 20.3 Å². The van der Waals surface area contributed by atoms with Crippen molar-refractivity contribution in [3.8, 4) is 0 Å². The predicted octanol–water partition coefficient (Wildman–Crippen LogP) is 1.20. The summed E-state index contributed by atoms with van der Waals surface area (Å²) in [5.41, 5.74) is 0. The van der Waals surface area contributed by atoms with Crippen molar-refractivity contribution in [3.05, 3.63) is 0 Å². The highest BCUT2D eigenvalue weighted by Crippen LogP contribution is 2.06. The van der Waals surface area contributed by atoms with Crippen LogP contribution in [0.3, 0.4) is 0 Å². The van der Waals surface area contributed by atoms with Gasteiger partial charge >= 0.3 is 0 Å². The molecule has 1 aliphatic heterocycles. The first-order valence-electron chi connectivity index (χ1n) is 5.20. The van der Waals surface area contributed by atoms with E-state index in [1.165, 1.54) is 19.3 Å². The molecule has 3 nitrogen and oxygen atoms in total. The van der Waals surface area contributed by atoms with E-state index >= 15 is 0 Å². The maximum Gasteiger partial charge on any atom is 0.223 e. The van der Waals surface area contributed by atoms with Crippen molar-refractivity contribution in [3.63, 3.8) is 0 Å². The highest BCUT2D eigenvalue weighted by atomic mass is 16.1. The van der Waals surface area contributed by atoms with Crippen molar-refractivity contribution in [2.45, 2.75) is 33.1 Å². The molecule has 13 heavy (non-hydrogen) atoms. The van der Waals surface area contributed by atoms with E-state index in [0.29, 0.717) is 0 Å². The monoisotopic (exact) mass is 184 g/mol. The number of nitrogens with one attached hydrogen (secondary N) is 1. The molecular formula is C10H20N2O. The van der Waals surface area contributed by atoms with Gasteiger partial charge in [-0.05, 0) is 25.9 Å². The lowest BCUT2D eigenvalue weighted by Crippen LogP contribution is -2.41. The van der Waals surface area contributed by atoms with Crippen LogP contribution in [0.5, 0.6) is 0 Å². The van der Waals surface area contributed by atoms with Crippen LogP contribution in [0.25, 0.3) is 0 Å². The third-order valence-corrected chi connectivity index (χ3v) is 2.45. The summed E-state index contributed by atoms with van der Waals surface area (Å²) >= 11 is 0. The zero-order valence-electron chi connectivity index (χ0n) is 8.68. The molecule has 1 N–H and O–H groups in total. The summed E-state index contributed by atoms with van der Waals surface area (Å²) in [6.07, 6.45) is 3.89. The zero-order chi connectivity index (χ0) is 9.68. The third-order valence-electron chi connectivity index (χ3n) is 2.45. The smallest absolute Gasteiger partial charge is 0.223 e. The lowest BCUT2D eigenvalue weighted by atomic mass is 10.1. The summed E-state index contributed by atoms with van der Waals surface area (Å²) in [5.74, 6) is 0.260. The summed E-state index contributed by atoms with van der Waals surface area (Å²) in [7, 11) is 0. The van der Waals surface area contributed by atoms with Gasteiger partial charge in [-0.15, -0.1) is 0 Å². The van der Waals surface area contributed by atoms with Crippen LogP contribution in [0, 0.1) is 5.92 Å². The van der Waals surface area contributed by atoms with Gasteiger partial charge in [0.2, 0.25) is 5.91 Å². The number of likely N-dealkylation sites (tertiary alicyclic amines) is 1. The van der Waals surface area contributed by atoms with Gasteiger partial charge in [0.1, 0.15) is 0 Å². The molecule has 0 spiro atoms. The van der Waals surface area contributed by atoms with E-state index in [1.54, 1.807) is 0 Å². The van der Waals surface area contributed by atoms with E-state index in [4.69, 9.17) is 0 Å². The molecule has 1 amide bonds. The Labute approximate surface area is 80.5 Å². The van der Waals surface area contributed by atoms with Gasteiger partial charge in [-0.2, -0.15) is 0 Å². The molecule has 1 heterocycles. The van der Waals surface area contributed by atoms with Crippen molar-refractivity contribution in [1.29, 1.82) is 0 Å². The van der Waals surface area contributed by atoms with Crippen LogP contribution >= 0.6 is 0 Å². The van der Waals surface area contributed by atoms with Gasteiger partial charge in [-0.25, -0.2) is 0 Å². The van der Waals surface area contributed by atoms with E-state index < -0.39 is 0 Å². The maximum absolute atomic E-state index is 11.2. The Bertz CT molecular complexity index is 162. The van der Waals surface area contributed by atoms with Crippen LogP contribution in [-0.2, 0) is 4.79 Å². The van der Waals surface area contributed by atoms with Crippen LogP contribution < -0.4 is 5.32 Å². The molecule has 1 saturated heterocycles. The first-order chi connectivity index (χ1) is 6.20. The number of nitrogens with zero attached hydrogens (tertiary/aromatic N) is 1. The molecule has 0 saturated carbocycles. The van der Waals surface area contributed by atoms with Crippen molar-refractivity contribution in [1.82, 2.24) is 10.2 Å². The Hall–Kier alpha value is -0.570. The minimum atomic E-state index is 0.102. The average molecular weight is 184 g/mol. The van der Waals surface area contributed by atoms with E-state index in [2.05, 4.69) is 10.2 Å². The molecule has 0 aromatic carbocycles. The second-order valence-electron chi connectivity index (χ2n) is 4.03. The molecule has 0 unspecified atom stereocenters. The summed E-state index contributed by atoms with van der Waals surface area (Å²) in [6, 6.07) is 0. The summed E-state index contributed by atoms with van der Waals surface area (Å²) in [5, 5.41) is 2.94. The molecule has 0 atom stereocenters. The molecule has 1 fully saturated rings. The Morgan fingerprint density at radius 1 is 1.31 bits per heavy atom. The molecule has 76 valence electrons. The van der Waals surface area contributed by atoms with Crippen LogP contribution in [-0.4, -0.2) is 30.6 Å². The molecule has 0 bridgehead atoms. The maximum atomic E-state index is 11.2. The number of carbonyl (C=O) groups is 1. The second-order valence-corrected chi connectivity index (χ2v) is 4.03. The molecule has 0 aromatic rings. The van der Waals surface area contributed by atoms with Crippen molar-refractivity contribution >= 4 is 5.91 Å². The number of hydrogen-bond donors (Lipinski definition) is 1. The summed E-state index contributed by atoms with van der Waals surface area (Å²) in [6.45, 7) is 6.85. The Balaban J connectivity index is 2.13. The highest BCUT2D eigenvalue weighted by Gasteiger charge is 2.11. The molecular weight excluding hydrogens is 164 g/mol. The molecule has 1 rings (SSSR count). The van der Waals surface area contributed by atoms with Crippen LogP contribution in [0.15, 0.2) is 0 Å². The van der Waals surface area contributed by atoms with Crippen molar-refractivity contribution in [2.24, 2.45) is 5.92 Å². The Kier molecular flexibility index (Phi) is 4.22. The van der Waals surface area contributed by atoms with Gasteiger partial charge in [0, 0.05) is 5.92 Å². The van der Waals surface area contributed by atoms with Gasteiger partial charge < -0.3 is 5.32 Å². The summed E-state index contributed by atoms with van der Waals surface area (Å²) in [4.78, 5) is 13.6. The highest BCUT2D eigenvalue weighted by molar-refractivity contribution is 5.77. The number of rotatable bonds is 3. The van der Waals surface area contributed by atoms with Crippen molar-refractivity contribution < 1.29 is 4.79 Å². The normalized spacial score (nSPS) is 19.0. The van der Waals surface area contributed by atoms with Crippen molar-refractivity contribution in [2.75, 3.05) is 19.8 Å². The van der Waals surface area contributed by atoms with E-state index in [-0.39, 0.29) is 11.8 Å². The van der Waals surface area contributed by atoms with E-state index in [9.17, 15) is 4.79 Å². The standard InChI is InChI=1S/C10H20N2O/c1-9(2)10(13)11-8-12-6-4-3-5-7-12/h9H,3-8H2,1-2H3,(H,11,13). The number of carbonyl (C=O) groups excluding carboxylic acids is 1. The third kappa shape index (κ3) is 3.77. The average Bonchev–Trinajstić information content (AvgIpc) is 2.15. The Morgan fingerprint density at radius 2 is 1.92 bits per heavy atom. The fraction of sp³-hybridized carbons (Fsp3) is 0.900. The Morgan fingerprint density at radius 3 is 2.46 bits per heavy atom. The molecule has 1 aliphatic rings. The van der Waals surface area contributed by atoms with Crippen LogP contribution in [0.2, 0.25) is 0 Å². The second kappa shape index (κ2) is 5.22. The van der Waals surface area contributed by atoms with Gasteiger partial charge in [-0.3, -0.25) is 9.69 Å². The van der Waals surface area contributed by atoms with Gasteiger partial charge in [0.05, 0.1) is 6.67 Å². The predicted molar refractivity (Wildman–Crippen MR) is 53.3 cm³/mol. The van der Waals surface area contributed by atoms with Crippen LogP contribution in [0.4, 0.5) is 0 Å². The molecule has 3 heteroatoms. The quantitative estimate of drug-likeness (QED) is 0.715. The fourth-order valence-corrected chi connectivity index (χ4v) is 1.51. The van der Waals surface area contributed by atoms with Gasteiger partial charge in [0.15, 0.2) is 0 Å². The summed E-state index contributed by atoms with van der Waals surface area (Å²) < 4.78 is 0. The zero-order valence-corrected chi connectivity index (χ0v) is 8.68.